The molecule has 1 heterocycles. The summed E-state index contributed by atoms with van der Waals surface area (Å²) < 4.78 is 0. The summed E-state index contributed by atoms with van der Waals surface area (Å²) in [6.45, 7) is 1.88. The molecule has 1 aromatic carbocycles. The molecule has 4 nitrogen and oxygen atoms in total. The Morgan fingerprint density at radius 1 is 1.35 bits per heavy atom. The number of likely N-dealkylation sites (N-methyl/N-ethyl adjacent to an activating group) is 1. The molecule has 0 bridgehead atoms. The Labute approximate surface area is 121 Å². The van der Waals surface area contributed by atoms with E-state index in [4.69, 9.17) is 5.73 Å². The van der Waals surface area contributed by atoms with Gasteiger partial charge in [-0.05, 0) is 51.1 Å². The number of rotatable bonds is 5. The maximum atomic E-state index is 12.4. The molecule has 4 heteroatoms. The molecule has 1 unspecified atom stereocenters. The zero-order valence-corrected chi connectivity index (χ0v) is 12.5. The fraction of sp³-hybridized carbons (Fsp3) is 0.562. The number of carbonyl (C=O) groups excluding carboxylic acids is 1. The van der Waals surface area contributed by atoms with Crippen LogP contribution in [0.15, 0.2) is 24.3 Å². The number of amides is 1. The van der Waals surface area contributed by atoms with Crippen LogP contribution >= 0.6 is 0 Å². The van der Waals surface area contributed by atoms with Gasteiger partial charge < -0.3 is 15.5 Å². The molecular formula is C16H25N3O. The van der Waals surface area contributed by atoms with Crippen molar-refractivity contribution in [2.45, 2.75) is 31.7 Å². The van der Waals surface area contributed by atoms with Crippen LogP contribution in [0.4, 0.5) is 5.69 Å². The lowest BCUT2D eigenvalue weighted by atomic mass is 10.1. The minimum absolute atomic E-state index is 0.283. The van der Waals surface area contributed by atoms with Gasteiger partial charge in [-0.1, -0.05) is 12.1 Å². The lowest BCUT2D eigenvalue weighted by Crippen LogP contribution is -2.41. The smallest absolute Gasteiger partial charge is 0.223 e. The van der Waals surface area contributed by atoms with E-state index in [9.17, 15) is 4.79 Å². The summed E-state index contributed by atoms with van der Waals surface area (Å²) in [5.74, 6) is 0.283. The summed E-state index contributed by atoms with van der Waals surface area (Å²) in [6, 6.07) is 8.19. The lowest BCUT2D eigenvalue weighted by molar-refractivity contribution is -0.132. The second kappa shape index (κ2) is 6.75. The van der Waals surface area contributed by atoms with Gasteiger partial charge in [-0.3, -0.25) is 4.79 Å². The number of nitrogens with zero attached hydrogens (tertiary/aromatic N) is 2. The number of nitrogens with two attached hydrogens (primary N) is 1. The SMILES string of the molecule is CN(C)CC1CCCN1C(=O)CCc1ccc(N)cc1. The summed E-state index contributed by atoms with van der Waals surface area (Å²) in [7, 11) is 4.13. The Bertz CT molecular complexity index is 442. The van der Waals surface area contributed by atoms with Gasteiger partial charge in [-0.25, -0.2) is 0 Å². The number of hydrogen-bond acceptors (Lipinski definition) is 3. The van der Waals surface area contributed by atoms with Crippen molar-refractivity contribution in [1.29, 1.82) is 0 Å². The van der Waals surface area contributed by atoms with Crippen LogP contribution in [-0.2, 0) is 11.2 Å². The van der Waals surface area contributed by atoms with Crippen molar-refractivity contribution in [2.24, 2.45) is 0 Å². The molecule has 20 heavy (non-hydrogen) atoms. The molecule has 0 saturated carbocycles. The van der Waals surface area contributed by atoms with E-state index in [-0.39, 0.29) is 5.91 Å². The van der Waals surface area contributed by atoms with Gasteiger partial charge in [0, 0.05) is 31.2 Å². The molecule has 2 N–H and O–H groups in total. The van der Waals surface area contributed by atoms with Crippen molar-refractivity contribution in [3.05, 3.63) is 29.8 Å². The molecule has 1 fully saturated rings. The van der Waals surface area contributed by atoms with Crippen molar-refractivity contribution in [1.82, 2.24) is 9.80 Å². The van der Waals surface area contributed by atoms with Gasteiger partial charge in [-0.2, -0.15) is 0 Å². The largest absolute Gasteiger partial charge is 0.399 e. The summed E-state index contributed by atoms with van der Waals surface area (Å²) in [6.07, 6.45) is 3.65. The number of anilines is 1. The van der Waals surface area contributed by atoms with E-state index in [1.165, 1.54) is 5.56 Å². The number of carbonyl (C=O) groups is 1. The Morgan fingerprint density at radius 3 is 2.70 bits per heavy atom. The van der Waals surface area contributed by atoms with Crippen LogP contribution in [0, 0.1) is 0 Å². The molecule has 0 aliphatic carbocycles. The van der Waals surface area contributed by atoms with Crippen molar-refractivity contribution in [3.63, 3.8) is 0 Å². The van der Waals surface area contributed by atoms with Crippen LogP contribution < -0.4 is 5.73 Å². The summed E-state index contributed by atoms with van der Waals surface area (Å²) >= 11 is 0. The van der Waals surface area contributed by atoms with Crippen LogP contribution in [0.3, 0.4) is 0 Å². The molecule has 1 atom stereocenters. The third-order valence-electron chi connectivity index (χ3n) is 3.88. The van der Waals surface area contributed by atoms with E-state index in [1.54, 1.807) is 0 Å². The maximum absolute atomic E-state index is 12.4. The molecule has 1 amide bonds. The van der Waals surface area contributed by atoms with Crippen molar-refractivity contribution >= 4 is 11.6 Å². The van der Waals surface area contributed by atoms with Gasteiger partial charge in [0.1, 0.15) is 0 Å². The standard InChI is InChI=1S/C16H25N3O/c1-18(2)12-15-4-3-11-19(15)16(20)10-7-13-5-8-14(17)9-6-13/h5-6,8-9,15H,3-4,7,10-12,17H2,1-2H3. The van der Waals surface area contributed by atoms with E-state index in [0.29, 0.717) is 12.5 Å². The predicted octanol–water partition coefficient (Wildman–Crippen LogP) is 1.75. The fourth-order valence-electron chi connectivity index (χ4n) is 2.85. The topological polar surface area (TPSA) is 49.6 Å². The Hall–Kier alpha value is -1.55. The van der Waals surface area contributed by atoms with E-state index in [2.05, 4.69) is 23.9 Å². The minimum atomic E-state index is 0.283. The lowest BCUT2D eigenvalue weighted by Gasteiger charge is -2.27. The Morgan fingerprint density at radius 2 is 2.05 bits per heavy atom. The van der Waals surface area contributed by atoms with Crippen LogP contribution in [-0.4, -0.2) is 48.9 Å². The number of aryl methyl sites for hydroxylation is 1. The second-order valence-electron chi connectivity index (χ2n) is 5.89. The molecule has 1 saturated heterocycles. The predicted molar refractivity (Wildman–Crippen MR) is 82.5 cm³/mol. The molecule has 2 rings (SSSR count). The van der Waals surface area contributed by atoms with Gasteiger partial charge in [-0.15, -0.1) is 0 Å². The molecular weight excluding hydrogens is 250 g/mol. The first-order valence-electron chi connectivity index (χ1n) is 7.35. The van der Waals surface area contributed by atoms with E-state index < -0.39 is 0 Å². The number of hydrogen-bond donors (Lipinski definition) is 1. The summed E-state index contributed by atoms with van der Waals surface area (Å²) in [4.78, 5) is 16.6. The van der Waals surface area contributed by atoms with Gasteiger partial charge in [0.25, 0.3) is 0 Å². The van der Waals surface area contributed by atoms with Crippen LogP contribution in [0.2, 0.25) is 0 Å². The van der Waals surface area contributed by atoms with Crippen molar-refractivity contribution in [2.75, 3.05) is 32.9 Å². The third kappa shape index (κ3) is 3.97. The molecule has 0 aromatic heterocycles. The first kappa shape index (κ1) is 14.9. The molecule has 1 aliphatic rings. The highest BCUT2D eigenvalue weighted by Crippen LogP contribution is 2.19. The quantitative estimate of drug-likeness (QED) is 0.833. The van der Waals surface area contributed by atoms with E-state index in [1.807, 2.05) is 24.3 Å². The second-order valence-corrected chi connectivity index (χ2v) is 5.89. The minimum Gasteiger partial charge on any atom is -0.399 e. The Kier molecular flexibility index (Phi) is 5.01. The number of nitrogen functional groups attached to an aromatic ring is 1. The van der Waals surface area contributed by atoms with Crippen LogP contribution in [0.1, 0.15) is 24.8 Å². The van der Waals surface area contributed by atoms with E-state index in [0.717, 1.165) is 38.0 Å². The monoisotopic (exact) mass is 275 g/mol. The van der Waals surface area contributed by atoms with Crippen molar-refractivity contribution in [3.8, 4) is 0 Å². The zero-order valence-electron chi connectivity index (χ0n) is 12.5. The molecule has 0 radical (unpaired) electrons. The number of likely N-dealkylation sites (tertiary alicyclic amines) is 1. The van der Waals surface area contributed by atoms with Crippen molar-refractivity contribution < 1.29 is 4.79 Å². The van der Waals surface area contributed by atoms with E-state index >= 15 is 0 Å². The molecule has 1 aromatic rings. The van der Waals surface area contributed by atoms with Gasteiger partial charge >= 0.3 is 0 Å². The number of benzene rings is 1. The summed E-state index contributed by atoms with van der Waals surface area (Å²) in [5.41, 5.74) is 7.61. The highest BCUT2D eigenvalue weighted by Gasteiger charge is 2.28. The molecule has 1 aliphatic heterocycles. The third-order valence-corrected chi connectivity index (χ3v) is 3.88. The highest BCUT2D eigenvalue weighted by atomic mass is 16.2. The zero-order chi connectivity index (χ0) is 14.5. The van der Waals surface area contributed by atoms with Crippen LogP contribution in [0.25, 0.3) is 0 Å². The van der Waals surface area contributed by atoms with Gasteiger partial charge in [0.2, 0.25) is 5.91 Å². The van der Waals surface area contributed by atoms with Crippen LogP contribution in [0.5, 0.6) is 0 Å². The maximum Gasteiger partial charge on any atom is 0.223 e. The average molecular weight is 275 g/mol. The summed E-state index contributed by atoms with van der Waals surface area (Å²) in [5, 5.41) is 0. The Balaban J connectivity index is 1.86. The van der Waals surface area contributed by atoms with Gasteiger partial charge in [0.15, 0.2) is 0 Å². The first-order chi connectivity index (χ1) is 9.56. The molecule has 110 valence electrons. The first-order valence-corrected chi connectivity index (χ1v) is 7.35. The molecule has 0 spiro atoms. The average Bonchev–Trinajstić information content (AvgIpc) is 2.85. The fourth-order valence-corrected chi connectivity index (χ4v) is 2.85. The highest BCUT2D eigenvalue weighted by molar-refractivity contribution is 5.77. The van der Waals surface area contributed by atoms with Gasteiger partial charge in [0.05, 0.1) is 0 Å². The normalized spacial score (nSPS) is 18.8.